The minimum absolute atomic E-state index is 0. The van der Waals surface area contributed by atoms with Crippen molar-refractivity contribution in [3.8, 4) is 0 Å². The van der Waals surface area contributed by atoms with Crippen LogP contribution in [-0.4, -0.2) is 15.7 Å². The van der Waals surface area contributed by atoms with Gasteiger partial charge in [0.25, 0.3) is 0 Å². The summed E-state index contributed by atoms with van der Waals surface area (Å²) in [6.45, 7) is 5.56. The minimum atomic E-state index is -0.458. The maximum absolute atomic E-state index is 10.2. The molecule has 0 radical (unpaired) electrons. The molecule has 0 spiro atoms. The molecule has 1 heterocycles. The maximum atomic E-state index is 10.2. The Morgan fingerprint density at radius 2 is 2.00 bits per heavy atom. The van der Waals surface area contributed by atoms with E-state index in [4.69, 9.17) is 5.11 Å². The molecule has 0 amide bonds. The summed E-state index contributed by atoms with van der Waals surface area (Å²) >= 11 is 0. The first kappa shape index (κ1) is 16.3. The van der Waals surface area contributed by atoms with Crippen molar-refractivity contribution >= 4 is 0 Å². The van der Waals surface area contributed by atoms with Crippen molar-refractivity contribution in [2.24, 2.45) is 0 Å². The maximum Gasteiger partial charge on any atom is 1.00 e. The Kier molecular flexibility index (Phi) is 9.62. The smallest absolute Gasteiger partial charge is 1.00 e. The molecule has 0 atom stereocenters. The number of aliphatic hydroxyl groups is 1. The molecule has 0 aliphatic carbocycles. The fourth-order valence-corrected chi connectivity index (χ4v) is 0.377. The van der Waals surface area contributed by atoms with E-state index in [1.807, 2.05) is 6.92 Å². The quantitative estimate of drug-likeness (QED) is 0.560. The van der Waals surface area contributed by atoms with Gasteiger partial charge in [-0.3, -0.25) is 4.79 Å². The largest absolute Gasteiger partial charge is 1.00 e. The number of nitrogens with one attached hydrogen (secondary N) is 1. The second-order valence-electron chi connectivity index (χ2n) is 3.39. The van der Waals surface area contributed by atoms with Crippen molar-refractivity contribution in [2.75, 3.05) is 0 Å². The number of hydrogen-bond acceptors (Lipinski definition) is 2. The molecule has 0 saturated heterocycles. The molecule has 1 rings (SSSR count). The zero-order valence-electron chi connectivity index (χ0n) is 10.4. The molecular weight excluding hydrogens is 189 g/mol. The Morgan fingerprint density at radius 1 is 1.50 bits per heavy atom. The second-order valence-corrected chi connectivity index (χ2v) is 3.39. The molecule has 0 unspecified atom stereocenters. The van der Waals surface area contributed by atoms with Crippen LogP contribution in [0.4, 0.5) is 0 Å². The minimum Gasteiger partial charge on any atom is -1.00 e. The van der Waals surface area contributed by atoms with E-state index in [-0.39, 0.29) is 36.5 Å². The Morgan fingerprint density at radius 3 is 2.14 bits per heavy atom. The Labute approximate surface area is 108 Å². The molecule has 0 bridgehead atoms. The molecule has 2 N–H and O–H groups in total. The van der Waals surface area contributed by atoms with Crippen molar-refractivity contribution in [1.82, 2.24) is 4.98 Å². The second kappa shape index (κ2) is 8.24. The van der Waals surface area contributed by atoms with Crippen molar-refractivity contribution in [3.63, 3.8) is 0 Å². The molecule has 0 fully saturated rings. The molecule has 0 saturated carbocycles. The summed E-state index contributed by atoms with van der Waals surface area (Å²) < 4.78 is 0. The standard InChI is InChI=1S/C5H5NO.C5H12O.Na.H/c7-5-3-1-2-4-6-5;1-4-5(2,3)6;;/h1-4H,(H,6,7);6H,4H2,1-3H3;;/q;;+1;-1. The molecule has 1 aromatic heterocycles. The van der Waals surface area contributed by atoms with Crippen LogP contribution in [0.25, 0.3) is 0 Å². The van der Waals surface area contributed by atoms with Gasteiger partial charge < -0.3 is 11.5 Å². The third kappa shape index (κ3) is 11.9. The third-order valence-corrected chi connectivity index (χ3v) is 1.55. The molecule has 14 heavy (non-hydrogen) atoms. The van der Waals surface area contributed by atoms with Gasteiger partial charge in [-0.2, -0.15) is 0 Å². The van der Waals surface area contributed by atoms with Crippen LogP contribution in [0.1, 0.15) is 28.6 Å². The van der Waals surface area contributed by atoms with Crippen molar-refractivity contribution in [2.45, 2.75) is 32.8 Å². The number of hydrogen-bond donors (Lipinski definition) is 2. The number of H-pyrrole nitrogens is 1. The Hall–Kier alpha value is -0.0900. The van der Waals surface area contributed by atoms with E-state index in [1.54, 1.807) is 32.2 Å². The monoisotopic (exact) mass is 207 g/mol. The van der Waals surface area contributed by atoms with Gasteiger partial charge in [0.15, 0.2) is 0 Å². The topological polar surface area (TPSA) is 53.1 Å². The summed E-state index contributed by atoms with van der Waals surface area (Å²) in [4.78, 5) is 12.7. The number of pyridine rings is 1. The van der Waals surface area contributed by atoms with Crippen LogP contribution >= 0.6 is 0 Å². The van der Waals surface area contributed by atoms with Gasteiger partial charge in [-0.15, -0.1) is 0 Å². The first-order chi connectivity index (χ1) is 5.95. The van der Waals surface area contributed by atoms with E-state index < -0.39 is 5.60 Å². The number of rotatable bonds is 1. The molecule has 0 aliphatic heterocycles. The number of aromatic nitrogens is 1. The molecule has 3 nitrogen and oxygen atoms in total. The van der Waals surface area contributed by atoms with E-state index in [0.29, 0.717) is 0 Å². The first-order valence-electron chi connectivity index (χ1n) is 4.32. The summed E-state index contributed by atoms with van der Waals surface area (Å²) in [5.41, 5.74) is -0.512. The fraction of sp³-hybridized carbons (Fsp3) is 0.500. The molecule has 0 aliphatic rings. The van der Waals surface area contributed by atoms with Gasteiger partial charge in [0.1, 0.15) is 0 Å². The van der Waals surface area contributed by atoms with Crippen molar-refractivity contribution in [1.29, 1.82) is 0 Å². The van der Waals surface area contributed by atoms with Crippen LogP contribution in [0, 0.1) is 0 Å². The van der Waals surface area contributed by atoms with Crippen LogP contribution in [0.5, 0.6) is 0 Å². The molecule has 76 valence electrons. The third-order valence-electron chi connectivity index (χ3n) is 1.55. The van der Waals surface area contributed by atoms with Crippen LogP contribution in [0.2, 0.25) is 0 Å². The normalized spacial score (nSPS) is 9.43. The van der Waals surface area contributed by atoms with E-state index in [2.05, 4.69) is 4.98 Å². The van der Waals surface area contributed by atoms with Crippen LogP contribution in [0.15, 0.2) is 29.2 Å². The summed E-state index contributed by atoms with van der Waals surface area (Å²) in [5.74, 6) is 0. The summed E-state index contributed by atoms with van der Waals surface area (Å²) in [6, 6.07) is 4.93. The van der Waals surface area contributed by atoms with Crippen molar-refractivity contribution < 1.29 is 36.1 Å². The average Bonchev–Trinajstić information content (AvgIpc) is 2.06. The van der Waals surface area contributed by atoms with Gasteiger partial charge in [0.05, 0.1) is 5.60 Å². The first-order valence-corrected chi connectivity index (χ1v) is 4.32. The van der Waals surface area contributed by atoms with Gasteiger partial charge in [-0.05, 0) is 26.3 Å². The van der Waals surface area contributed by atoms with E-state index in [9.17, 15) is 4.79 Å². The average molecular weight is 207 g/mol. The fourth-order valence-electron chi connectivity index (χ4n) is 0.377. The van der Waals surface area contributed by atoms with Crippen LogP contribution < -0.4 is 35.1 Å². The van der Waals surface area contributed by atoms with E-state index in [0.717, 1.165) is 6.42 Å². The van der Waals surface area contributed by atoms with E-state index >= 15 is 0 Å². The van der Waals surface area contributed by atoms with Gasteiger partial charge in [-0.25, -0.2) is 0 Å². The summed E-state index contributed by atoms with van der Waals surface area (Å²) in [5, 5.41) is 8.83. The Balaban J connectivity index is -0.000000172. The SMILES string of the molecule is CCC(C)(C)O.O=c1cccc[nH]1.[H-].[Na+]. The molecular formula is C10H18NNaO2. The van der Waals surface area contributed by atoms with Crippen molar-refractivity contribution in [3.05, 3.63) is 34.7 Å². The zero-order valence-corrected chi connectivity index (χ0v) is 11.4. The number of aromatic amines is 1. The molecule has 4 heteroatoms. The predicted molar refractivity (Wildman–Crippen MR) is 54.8 cm³/mol. The van der Waals surface area contributed by atoms with Gasteiger partial charge in [0.2, 0.25) is 5.56 Å². The van der Waals surface area contributed by atoms with Crippen LogP contribution in [-0.2, 0) is 0 Å². The zero-order chi connectivity index (χ0) is 10.3. The predicted octanol–water partition coefficient (Wildman–Crippen LogP) is -1.34. The molecule has 0 aromatic carbocycles. The summed E-state index contributed by atoms with van der Waals surface area (Å²) in [6.07, 6.45) is 2.43. The summed E-state index contributed by atoms with van der Waals surface area (Å²) in [7, 11) is 0. The van der Waals surface area contributed by atoms with Crippen LogP contribution in [0.3, 0.4) is 0 Å². The Bertz CT molecular complexity index is 266. The molecule has 1 aromatic rings. The van der Waals surface area contributed by atoms with Gasteiger partial charge in [0, 0.05) is 12.3 Å². The van der Waals surface area contributed by atoms with Gasteiger partial charge in [-0.1, -0.05) is 13.0 Å². The van der Waals surface area contributed by atoms with Gasteiger partial charge >= 0.3 is 29.6 Å². The van der Waals surface area contributed by atoms with E-state index in [1.165, 1.54) is 6.07 Å².